The van der Waals surface area contributed by atoms with Crippen molar-refractivity contribution in [2.24, 2.45) is 0 Å². The number of halogens is 3. The monoisotopic (exact) mass is 580 g/mol. The van der Waals surface area contributed by atoms with Crippen molar-refractivity contribution in [2.45, 2.75) is 0 Å². The van der Waals surface area contributed by atoms with Crippen LogP contribution in [0.1, 0.15) is 0 Å². The molecule has 0 unspecified atom stereocenters. The van der Waals surface area contributed by atoms with Crippen molar-refractivity contribution in [3.05, 3.63) is 87.4 Å². The Morgan fingerprint density at radius 2 is 1.24 bits per heavy atom. The molecule has 11 heteroatoms. The van der Waals surface area contributed by atoms with Crippen LogP contribution in [-0.2, 0) is 0 Å². The maximum Gasteiger partial charge on any atom is 0.134 e. The van der Waals surface area contributed by atoms with E-state index in [2.05, 4.69) is 83.0 Å². The molecule has 0 spiro atoms. The van der Waals surface area contributed by atoms with Crippen LogP contribution in [0.3, 0.4) is 0 Å². The summed E-state index contributed by atoms with van der Waals surface area (Å²) in [6, 6.07) is 14.7. The van der Waals surface area contributed by atoms with Gasteiger partial charge in [-0.1, -0.05) is 12.1 Å². The van der Waals surface area contributed by atoms with Gasteiger partial charge in [-0.2, -0.15) is 0 Å². The van der Waals surface area contributed by atoms with Crippen molar-refractivity contribution in [1.29, 1.82) is 0 Å². The van der Waals surface area contributed by atoms with E-state index in [9.17, 15) is 0 Å². The molecule has 0 radical (unpaired) electrons. The first-order chi connectivity index (χ1) is 14.0. The lowest BCUT2D eigenvalue weighted by atomic mass is 10.4. The van der Waals surface area contributed by atoms with Crippen molar-refractivity contribution < 1.29 is 0 Å². The average Bonchev–Trinajstić information content (AvgIpc) is 2.70. The predicted octanol–water partition coefficient (Wildman–Crippen LogP) is 5.04. The number of nitrogens with one attached hydrogen (secondary N) is 1. The number of aromatic nitrogens is 6. The van der Waals surface area contributed by atoms with E-state index in [1.165, 1.54) is 12.7 Å². The van der Waals surface area contributed by atoms with Crippen LogP contribution >= 0.6 is 47.8 Å². The van der Waals surface area contributed by atoms with E-state index < -0.39 is 0 Å². The number of rotatable bonds is 2. The maximum absolute atomic E-state index is 5.21. The van der Waals surface area contributed by atoms with E-state index in [4.69, 9.17) is 5.73 Å². The third-order valence-corrected chi connectivity index (χ3v) is 4.16. The van der Waals surface area contributed by atoms with Gasteiger partial charge in [-0.25, -0.2) is 29.9 Å². The first-order valence-corrected chi connectivity index (χ1v) is 10.4. The summed E-state index contributed by atoms with van der Waals surface area (Å²) in [6.45, 7) is 0. The molecule has 29 heavy (non-hydrogen) atoms. The molecule has 0 fully saturated rings. The summed E-state index contributed by atoms with van der Waals surface area (Å²) >= 11 is 9.73. The lowest BCUT2D eigenvalue weighted by Crippen LogP contribution is -1.95. The zero-order valence-corrected chi connectivity index (χ0v) is 19.6. The topological polar surface area (TPSA) is 115 Å². The van der Waals surface area contributed by atoms with E-state index in [1.54, 1.807) is 24.5 Å². The third kappa shape index (κ3) is 10.0. The van der Waals surface area contributed by atoms with Gasteiger partial charge in [0.15, 0.2) is 0 Å². The van der Waals surface area contributed by atoms with Crippen molar-refractivity contribution >= 4 is 65.2 Å². The van der Waals surface area contributed by atoms with Crippen molar-refractivity contribution in [3.8, 4) is 0 Å². The molecule has 3 N–H and O–H groups in total. The Hall–Kier alpha value is -2.50. The zero-order valence-electron chi connectivity index (χ0n) is 14.8. The van der Waals surface area contributed by atoms with E-state index in [1.807, 2.05) is 36.4 Å². The van der Waals surface area contributed by atoms with Gasteiger partial charge < -0.3 is 11.1 Å². The number of anilines is 3. The van der Waals surface area contributed by atoms with Gasteiger partial charge in [-0.3, -0.25) is 0 Å². The Morgan fingerprint density at radius 1 is 0.655 bits per heavy atom. The molecule has 8 nitrogen and oxygen atoms in total. The molecular weight excluding hydrogens is 568 g/mol. The molecule has 148 valence electrons. The fraction of sp³-hybridized carbons (Fsp3) is 0. The molecule has 0 amide bonds. The molecule has 0 atom stereocenters. The van der Waals surface area contributed by atoms with Gasteiger partial charge in [0.1, 0.15) is 43.9 Å². The van der Waals surface area contributed by atoms with Crippen molar-refractivity contribution in [1.82, 2.24) is 29.9 Å². The largest absolute Gasteiger partial charge is 0.384 e. The third-order valence-electron chi connectivity index (χ3n) is 2.84. The first-order valence-electron chi connectivity index (χ1n) is 7.98. The number of hydrogen-bond acceptors (Lipinski definition) is 8. The SMILES string of the molecule is Brc1cccc(Br)n1.Brc1cccc(Nc2ccncn2)n1.Nc1ccncn1. The van der Waals surface area contributed by atoms with Crippen LogP contribution < -0.4 is 11.1 Å². The van der Waals surface area contributed by atoms with Gasteiger partial charge in [0, 0.05) is 12.4 Å². The van der Waals surface area contributed by atoms with E-state index in [0.717, 1.165) is 25.4 Å². The standard InChI is InChI=1S/C9H7BrN4.C5H3Br2N.C4H5N3/c10-7-2-1-3-9(13-7)14-8-4-5-11-6-12-8;6-4-2-1-3-5(7)8-4;5-4-1-2-6-3-7-4/h1-6H,(H,11,12,13,14);1-3H;1-3H,(H2,5,6,7). The smallest absolute Gasteiger partial charge is 0.134 e. The molecule has 4 rings (SSSR count). The minimum absolute atomic E-state index is 0.509. The molecule has 4 aromatic heterocycles. The van der Waals surface area contributed by atoms with Gasteiger partial charge >= 0.3 is 0 Å². The Morgan fingerprint density at radius 3 is 1.66 bits per heavy atom. The normalized spacial score (nSPS) is 9.34. The van der Waals surface area contributed by atoms with Crippen molar-refractivity contribution in [2.75, 3.05) is 11.1 Å². The summed E-state index contributed by atoms with van der Waals surface area (Å²) in [5, 5.41) is 3.05. The van der Waals surface area contributed by atoms with Gasteiger partial charge in [0.25, 0.3) is 0 Å². The molecule has 4 aromatic rings. The Kier molecular flexibility index (Phi) is 10.1. The van der Waals surface area contributed by atoms with Crippen LogP contribution in [0.25, 0.3) is 0 Å². The molecule has 0 aliphatic rings. The fourth-order valence-corrected chi connectivity index (χ4v) is 2.93. The molecular formula is C18H15Br3N8. The highest BCUT2D eigenvalue weighted by Gasteiger charge is 1.96. The highest BCUT2D eigenvalue weighted by molar-refractivity contribution is 9.11. The van der Waals surface area contributed by atoms with Crippen LogP contribution in [0.5, 0.6) is 0 Å². The molecule has 0 saturated carbocycles. The van der Waals surface area contributed by atoms with E-state index >= 15 is 0 Å². The van der Waals surface area contributed by atoms with E-state index in [-0.39, 0.29) is 0 Å². The molecule has 4 heterocycles. The first kappa shape index (κ1) is 22.8. The lowest BCUT2D eigenvalue weighted by molar-refractivity contribution is 1.15. The Bertz CT molecular complexity index is 973. The second kappa shape index (κ2) is 12.9. The van der Waals surface area contributed by atoms with Gasteiger partial charge in [0.2, 0.25) is 0 Å². The number of nitrogens with zero attached hydrogens (tertiary/aromatic N) is 6. The summed E-state index contributed by atoms with van der Waals surface area (Å²) in [6.07, 6.45) is 6.17. The summed E-state index contributed by atoms with van der Waals surface area (Å²) in [5.41, 5.74) is 5.21. The minimum Gasteiger partial charge on any atom is -0.384 e. The van der Waals surface area contributed by atoms with Crippen LogP contribution in [0.2, 0.25) is 0 Å². The molecule has 0 bridgehead atoms. The maximum atomic E-state index is 5.21. The summed E-state index contributed by atoms with van der Waals surface area (Å²) in [5.74, 6) is 1.98. The van der Waals surface area contributed by atoms with Gasteiger partial charge in [-0.05, 0) is 84.2 Å². The van der Waals surface area contributed by atoms with Crippen LogP contribution in [0, 0.1) is 0 Å². The van der Waals surface area contributed by atoms with E-state index in [0.29, 0.717) is 5.82 Å². The number of nitrogens with two attached hydrogens (primary N) is 1. The molecule has 0 aromatic carbocycles. The summed E-state index contributed by atoms with van der Waals surface area (Å²) in [7, 11) is 0. The molecule has 0 aliphatic heterocycles. The predicted molar refractivity (Wildman–Crippen MR) is 123 cm³/mol. The fourth-order valence-electron chi connectivity index (χ4n) is 1.66. The zero-order chi connectivity index (χ0) is 20.9. The lowest BCUT2D eigenvalue weighted by Gasteiger charge is -2.03. The van der Waals surface area contributed by atoms with Gasteiger partial charge in [0.05, 0.1) is 0 Å². The Balaban J connectivity index is 0.000000170. The number of pyridine rings is 2. The second-order valence-electron chi connectivity index (χ2n) is 4.98. The summed E-state index contributed by atoms with van der Waals surface area (Å²) in [4.78, 5) is 23.4. The van der Waals surface area contributed by atoms with Crippen LogP contribution in [-0.4, -0.2) is 29.9 Å². The number of nitrogen functional groups attached to an aromatic ring is 1. The quantitative estimate of drug-likeness (QED) is 0.316. The Labute approximate surface area is 192 Å². The highest BCUT2D eigenvalue weighted by atomic mass is 79.9. The molecule has 0 saturated heterocycles. The van der Waals surface area contributed by atoms with Gasteiger partial charge in [-0.15, -0.1) is 0 Å². The van der Waals surface area contributed by atoms with Crippen LogP contribution in [0.4, 0.5) is 17.5 Å². The second-order valence-corrected chi connectivity index (χ2v) is 7.42. The molecule has 0 aliphatic carbocycles. The number of hydrogen-bond donors (Lipinski definition) is 2. The highest BCUT2D eigenvalue weighted by Crippen LogP contribution is 2.13. The van der Waals surface area contributed by atoms with Crippen molar-refractivity contribution in [3.63, 3.8) is 0 Å². The average molecular weight is 583 g/mol. The minimum atomic E-state index is 0.509. The summed E-state index contributed by atoms with van der Waals surface area (Å²) < 4.78 is 2.50. The van der Waals surface area contributed by atoms with Crippen LogP contribution in [0.15, 0.2) is 87.4 Å².